The van der Waals surface area contributed by atoms with E-state index in [0.717, 1.165) is 10.5 Å². The molecule has 2 aromatic rings. The van der Waals surface area contributed by atoms with Crippen LogP contribution < -0.4 is 9.47 Å². The number of rotatable bonds is 6. The van der Waals surface area contributed by atoms with Crippen molar-refractivity contribution in [2.75, 3.05) is 27.8 Å². The minimum atomic E-state index is -2.06. The van der Waals surface area contributed by atoms with Gasteiger partial charge in [0, 0.05) is 37.2 Å². The van der Waals surface area contributed by atoms with Crippen LogP contribution in [0, 0.1) is 17.8 Å². The molecule has 3 fully saturated rings. The molecule has 4 aliphatic rings. The van der Waals surface area contributed by atoms with Gasteiger partial charge in [-0.05, 0) is 42.9 Å². The lowest BCUT2D eigenvalue weighted by atomic mass is 9.56. The summed E-state index contributed by atoms with van der Waals surface area (Å²) in [5.41, 5.74) is 1.52. The standard InChI is InChI=1S/C31H30Cl2N2O8/c1-34-28(40)30(32)14-20-18(25(31(30,33)29(34)41)24-21(37)12-17(42-2)13-22(24)43-3)8-9-19-23(20)27(39)35(26(19)38)11-10-15-4-6-16(36)7-5-15/h4-8,12-13,19-20,23,25,36-37H,9-11,14H2,1-3H3. The SMILES string of the molecule is COc1cc(O)c(C2C3=CCC4C(=O)N(CCc5ccc(O)cc5)C(=O)C4C3CC3(Cl)C(=O)N(C)C(=O)C23Cl)c(OC)c1. The first-order valence-electron chi connectivity index (χ1n) is 13.9. The van der Waals surface area contributed by atoms with Gasteiger partial charge in [-0.3, -0.25) is 29.0 Å². The Balaban J connectivity index is 1.45. The molecular formula is C31H30Cl2N2O8. The second-order valence-electron chi connectivity index (χ2n) is 11.5. The number of likely N-dealkylation sites (tertiary alicyclic amines) is 2. The van der Waals surface area contributed by atoms with E-state index in [1.807, 2.05) is 0 Å². The van der Waals surface area contributed by atoms with E-state index in [9.17, 15) is 29.4 Å². The van der Waals surface area contributed by atoms with Gasteiger partial charge in [-0.15, -0.1) is 23.2 Å². The zero-order valence-electron chi connectivity index (χ0n) is 23.7. The van der Waals surface area contributed by atoms with E-state index in [0.29, 0.717) is 12.0 Å². The number of amides is 4. The maximum atomic E-state index is 14.0. The summed E-state index contributed by atoms with van der Waals surface area (Å²) < 4.78 is 10.9. The molecule has 226 valence electrons. The fraction of sp³-hybridized carbons (Fsp3) is 0.419. The number of alkyl halides is 2. The number of hydrogen-bond acceptors (Lipinski definition) is 8. The summed E-state index contributed by atoms with van der Waals surface area (Å²) in [6.07, 6.45) is 2.24. The number of benzene rings is 2. The van der Waals surface area contributed by atoms with Crippen LogP contribution in [0.3, 0.4) is 0 Å². The highest BCUT2D eigenvalue weighted by molar-refractivity contribution is 6.53. The largest absolute Gasteiger partial charge is 0.508 e. The lowest BCUT2D eigenvalue weighted by molar-refractivity contribution is -0.141. The van der Waals surface area contributed by atoms with Gasteiger partial charge in [0.15, 0.2) is 9.75 Å². The number of carbonyl (C=O) groups excluding carboxylic acids is 4. The van der Waals surface area contributed by atoms with E-state index in [1.165, 1.54) is 38.3 Å². The highest BCUT2D eigenvalue weighted by atomic mass is 35.5. The number of ether oxygens (including phenoxy) is 2. The van der Waals surface area contributed by atoms with Gasteiger partial charge in [-0.25, -0.2) is 0 Å². The number of carbonyl (C=O) groups is 4. The molecule has 2 N–H and O–H groups in total. The molecule has 0 bridgehead atoms. The number of allylic oxidation sites excluding steroid dienone is 2. The minimum absolute atomic E-state index is 0.115. The molecule has 2 aliphatic carbocycles. The van der Waals surface area contributed by atoms with E-state index >= 15 is 0 Å². The van der Waals surface area contributed by atoms with Crippen LogP contribution in [0.1, 0.15) is 29.9 Å². The Morgan fingerprint density at radius 1 is 0.953 bits per heavy atom. The highest BCUT2D eigenvalue weighted by Gasteiger charge is 2.76. The maximum Gasteiger partial charge on any atom is 0.253 e. The van der Waals surface area contributed by atoms with Crippen LogP contribution in [0.4, 0.5) is 0 Å². The average Bonchev–Trinajstić information content (AvgIpc) is 3.31. The molecule has 0 radical (unpaired) electrons. The fourth-order valence-electron chi connectivity index (χ4n) is 7.41. The summed E-state index contributed by atoms with van der Waals surface area (Å²) in [5, 5.41) is 20.9. The minimum Gasteiger partial charge on any atom is -0.508 e. The molecule has 6 unspecified atom stereocenters. The monoisotopic (exact) mass is 628 g/mol. The Bertz CT molecular complexity index is 1590. The van der Waals surface area contributed by atoms with Crippen molar-refractivity contribution in [3.63, 3.8) is 0 Å². The molecule has 10 nitrogen and oxygen atoms in total. The number of methoxy groups -OCH3 is 2. The molecule has 2 aromatic carbocycles. The second kappa shape index (κ2) is 10.2. The third kappa shape index (κ3) is 3.99. The molecule has 2 aliphatic heterocycles. The van der Waals surface area contributed by atoms with Crippen molar-refractivity contribution in [2.45, 2.75) is 34.9 Å². The molecule has 6 rings (SSSR count). The first-order valence-corrected chi connectivity index (χ1v) is 14.6. The van der Waals surface area contributed by atoms with Gasteiger partial charge < -0.3 is 19.7 Å². The van der Waals surface area contributed by atoms with Crippen molar-refractivity contribution >= 4 is 46.8 Å². The Hall–Kier alpha value is -3.76. The Kier molecular flexibility index (Phi) is 6.93. The van der Waals surface area contributed by atoms with E-state index < -0.39 is 45.2 Å². The normalized spacial score (nSPS) is 31.5. The lowest BCUT2D eigenvalue weighted by Gasteiger charge is -2.51. The summed E-state index contributed by atoms with van der Waals surface area (Å²) in [6, 6.07) is 9.41. The van der Waals surface area contributed by atoms with Crippen molar-refractivity contribution in [3.05, 3.63) is 59.2 Å². The Morgan fingerprint density at radius 3 is 2.30 bits per heavy atom. The molecule has 0 aromatic heterocycles. The van der Waals surface area contributed by atoms with Crippen LogP contribution >= 0.6 is 23.2 Å². The van der Waals surface area contributed by atoms with Crippen LogP contribution in [0.5, 0.6) is 23.0 Å². The number of phenols is 2. The third-order valence-corrected chi connectivity index (χ3v) is 10.9. The number of fused-ring (bicyclic) bond motifs is 4. The van der Waals surface area contributed by atoms with Crippen LogP contribution in [0.25, 0.3) is 0 Å². The molecule has 6 atom stereocenters. The first-order chi connectivity index (χ1) is 20.4. The highest BCUT2D eigenvalue weighted by Crippen LogP contribution is 2.67. The summed E-state index contributed by atoms with van der Waals surface area (Å²) in [6.45, 7) is 0.139. The Labute approximate surface area is 257 Å². The molecule has 43 heavy (non-hydrogen) atoms. The lowest BCUT2D eigenvalue weighted by Crippen LogP contribution is -2.60. The van der Waals surface area contributed by atoms with Crippen molar-refractivity contribution in [3.8, 4) is 23.0 Å². The Morgan fingerprint density at radius 2 is 1.65 bits per heavy atom. The van der Waals surface area contributed by atoms with E-state index in [4.69, 9.17) is 32.7 Å². The molecule has 4 amide bonds. The maximum absolute atomic E-state index is 14.0. The summed E-state index contributed by atoms with van der Waals surface area (Å²) >= 11 is 14.4. The quantitative estimate of drug-likeness (QED) is 0.283. The molecule has 2 saturated heterocycles. The van der Waals surface area contributed by atoms with Gasteiger partial charge in [0.1, 0.15) is 23.0 Å². The van der Waals surface area contributed by atoms with Crippen LogP contribution in [-0.2, 0) is 25.6 Å². The predicted molar refractivity (Wildman–Crippen MR) is 155 cm³/mol. The van der Waals surface area contributed by atoms with Crippen LogP contribution in [-0.4, -0.2) is 81.2 Å². The number of aromatic hydroxyl groups is 2. The summed E-state index contributed by atoms with van der Waals surface area (Å²) in [4.78, 5) is 53.1. The molecular weight excluding hydrogens is 599 g/mol. The number of phenolic OH excluding ortho intramolecular Hbond substituents is 2. The number of imide groups is 2. The van der Waals surface area contributed by atoms with E-state index in [2.05, 4.69) is 0 Å². The van der Waals surface area contributed by atoms with Gasteiger partial charge in [-0.1, -0.05) is 23.8 Å². The van der Waals surface area contributed by atoms with Crippen LogP contribution in [0.2, 0.25) is 0 Å². The summed E-state index contributed by atoms with van der Waals surface area (Å²) in [5.74, 6) is -5.29. The first kappa shape index (κ1) is 29.3. The molecule has 1 saturated carbocycles. The zero-order valence-corrected chi connectivity index (χ0v) is 25.2. The number of nitrogens with zero attached hydrogens (tertiary/aromatic N) is 2. The van der Waals surface area contributed by atoms with Crippen molar-refractivity contribution in [1.82, 2.24) is 9.80 Å². The van der Waals surface area contributed by atoms with Gasteiger partial charge >= 0.3 is 0 Å². The predicted octanol–water partition coefficient (Wildman–Crippen LogP) is 3.35. The number of halogens is 2. The third-order valence-electron chi connectivity index (χ3n) is 9.50. The molecule has 0 spiro atoms. The van der Waals surface area contributed by atoms with Crippen molar-refractivity contribution in [1.29, 1.82) is 0 Å². The van der Waals surface area contributed by atoms with Gasteiger partial charge in [0.05, 0.1) is 26.1 Å². The number of hydrogen-bond donors (Lipinski definition) is 2. The van der Waals surface area contributed by atoms with Gasteiger partial charge in [0.25, 0.3) is 11.8 Å². The van der Waals surface area contributed by atoms with Crippen molar-refractivity contribution < 1.29 is 38.9 Å². The second-order valence-corrected chi connectivity index (χ2v) is 12.7. The van der Waals surface area contributed by atoms with E-state index in [1.54, 1.807) is 30.3 Å². The van der Waals surface area contributed by atoms with Crippen molar-refractivity contribution in [2.24, 2.45) is 17.8 Å². The van der Waals surface area contributed by atoms with Crippen LogP contribution in [0.15, 0.2) is 48.0 Å². The van der Waals surface area contributed by atoms with Gasteiger partial charge in [0.2, 0.25) is 11.8 Å². The van der Waals surface area contributed by atoms with Gasteiger partial charge in [-0.2, -0.15) is 0 Å². The molecule has 2 heterocycles. The zero-order chi connectivity index (χ0) is 31.0. The van der Waals surface area contributed by atoms with E-state index in [-0.39, 0.29) is 59.8 Å². The summed E-state index contributed by atoms with van der Waals surface area (Å²) in [7, 11) is 4.11. The average molecular weight is 629 g/mol. The fourth-order valence-corrected chi connectivity index (χ4v) is 8.42. The smallest absolute Gasteiger partial charge is 0.253 e. The molecule has 12 heteroatoms. The topological polar surface area (TPSA) is 134 Å².